The third kappa shape index (κ3) is 5.22. The first kappa shape index (κ1) is 24.0. The predicted molar refractivity (Wildman–Crippen MR) is 127 cm³/mol. The van der Waals surface area contributed by atoms with Crippen LogP contribution in [0.15, 0.2) is 53.1 Å². The summed E-state index contributed by atoms with van der Waals surface area (Å²) in [6.07, 6.45) is 1.67. The quantitative estimate of drug-likeness (QED) is 0.463. The van der Waals surface area contributed by atoms with Gasteiger partial charge >= 0.3 is 0 Å². The van der Waals surface area contributed by atoms with Crippen molar-refractivity contribution in [2.45, 2.75) is 39.7 Å². The number of thiophene rings is 1. The Hall–Kier alpha value is -2.64. The van der Waals surface area contributed by atoms with Gasteiger partial charge < -0.3 is 19.6 Å². The third-order valence-corrected chi connectivity index (χ3v) is 6.60. The van der Waals surface area contributed by atoms with Crippen LogP contribution >= 0.6 is 11.3 Å². The molecule has 1 N–H and O–H groups in total. The summed E-state index contributed by atoms with van der Waals surface area (Å²) >= 11 is 1.31. The molecule has 0 fully saturated rings. The molecule has 0 aliphatic carbocycles. The number of aliphatic hydroxyl groups excluding tert-OH is 1. The first-order valence-electron chi connectivity index (χ1n) is 11.3. The molecule has 6 nitrogen and oxygen atoms in total. The van der Waals surface area contributed by atoms with E-state index in [2.05, 4.69) is 18.7 Å². The molecule has 1 atom stereocenters. The van der Waals surface area contributed by atoms with E-state index in [0.29, 0.717) is 18.0 Å². The Morgan fingerprint density at radius 2 is 1.88 bits per heavy atom. The standard InChI is InChI=1S/C25H32N2O4S/c1-4-16-31-19-12-10-18(11-13-19)22-21(23(28)20-9-7-17-32-20)24(29)25(30)27(22)15-8-14-26(5-2)6-3/h7,9-13,17,22,29H,4-6,8,14-16H2,1-3H3/t22-/m0/s1. The molecule has 0 saturated heterocycles. The van der Waals surface area contributed by atoms with Gasteiger partial charge in [0.2, 0.25) is 5.78 Å². The van der Waals surface area contributed by atoms with Crippen LogP contribution in [0.1, 0.15) is 54.9 Å². The highest BCUT2D eigenvalue weighted by molar-refractivity contribution is 7.12. The van der Waals surface area contributed by atoms with Crippen LogP contribution in [0.2, 0.25) is 0 Å². The molecule has 0 spiro atoms. The first-order chi connectivity index (χ1) is 15.5. The smallest absolute Gasteiger partial charge is 0.290 e. The molecule has 1 amide bonds. The number of aliphatic hydroxyl groups is 1. The Labute approximate surface area is 194 Å². The van der Waals surface area contributed by atoms with Crippen molar-refractivity contribution in [3.8, 4) is 5.75 Å². The molecular weight excluding hydrogens is 424 g/mol. The molecule has 1 aliphatic rings. The number of amides is 1. The van der Waals surface area contributed by atoms with E-state index >= 15 is 0 Å². The van der Waals surface area contributed by atoms with E-state index in [1.165, 1.54) is 11.3 Å². The van der Waals surface area contributed by atoms with E-state index < -0.39 is 17.7 Å². The van der Waals surface area contributed by atoms with E-state index in [-0.39, 0.29) is 11.4 Å². The predicted octanol–water partition coefficient (Wildman–Crippen LogP) is 4.85. The lowest BCUT2D eigenvalue weighted by atomic mass is 9.95. The van der Waals surface area contributed by atoms with Crippen LogP contribution in [-0.2, 0) is 4.79 Å². The van der Waals surface area contributed by atoms with Gasteiger partial charge in [-0.1, -0.05) is 39.0 Å². The van der Waals surface area contributed by atoms with Gasteiger partial charge in [-0.3, -0.25) is 9.59 Å². The summed E-state index contributed by atoms with van der Waals surface area (Å²) in [4.78, 5) is 30.7. The number of ketones is 1. The fourth-order valence-electron chi connectivity index (χ4n) is 3.97. The summed E-state index contributed by atoms with van der Waals surface area (Å²) in [6, 6.07) is 10.4. The number of carbonyl (C=O) groups is 2. The summed E-state index contributed by atoms with van der Waals surface area (Å²) in [6.45, 7) is 10.1. The van der Waals surface area contributed by atoms with Crippen LogP contribution in [0.3, 0.4) is 0 Å². The maximum atomic E-state index is 13.3. The summed E-state index contributed by atoms with van der Waals surface area (Å²) in [5.74, 6) is -0.482. The molecule has 172 valence electrons. The topological polar surface area (TPSA) is 70.1 Å². The van der Waals surface area contributed by atoms with Gasteiger partial charge in [-0.15, -0.1) is 11.3 Å². The van der Waals surface area contributed by atoms with Gasteiger partial charge in [0.15, 0.2) is 5.76 Å². The fraction of sp³-hybridized carbons (Fsp3) is 0.440. The van der Waals surface area contributed by atoms with Gasteiger partial charge in [-0.25, -0.2) is 0 Å². The molecular formula is C25H32N2O4S. The molecule has 0 radical (unpaired) electrons. The van der Waals surface area contributed by atoms with Crippen LogP contribution in [-0.4, -0.2) is 59.4 Å². The van der Waals surface area contributed by atoms with Crippen molar-refractivity contribution < 1.29 is 19.4 Å². The molecule has 1 aromatic heterocycles. The Morgan fingerprint density at radius 1 is 1.16 bits per heavy atom. The van der Waals surface area contributed by atoms with Crippen molar-refractivity contribution in [2.75, 3.05) is 32.8 Å². The zero-order valence-electron chi connectivity index (χ0n) is 19.0. The Balaban J connectivity index is 1.90. The van der Waals surface area contributed by atoms with E-state index in [9.17, 15) is 14.7 Å². The van der Waals surface area contributed by atoms with Crippen molar-refractivity contribution in [1.29, 1.82) is 0 Å². The second-order valence-electron chi connectivity index (χ2n) is 7.77. The summed E-state index contributed by atoms with van der Waals surface area (Å²) in [7, 11) is 0. The van der Waals surface area contributed by atoms with Crippen molar-refractivity contribution in [3.05, 3.63) is 63.6 Å². The highest BCUT2D eigenvalue weighted by atomic mass is 32.1. The second kappa shape index (κ2) is 11.3. The van der Waals surface area contributed by atoms with Gasteiger partial charge in [0.25, 0.3) is 5.91 Å². The molecule has 0 bridgehead atoms. The molecule has 7 heteroatoms. The van der Waals surface area contributed by atoms with Gasteiger partial charge in [0.1, 0.15) is 5.75 Å². The fourth-order valence-corrected chi connectivity index (χ4v) is 4.65. The maximum Gasteiger partial charge on any atom is 0.290 e. The van der Waals surface area contributed by atoms with Crippen LogP contribution in [0.5, 0.6) is 5.75 Å². The average molecular weight is 457 g/mol. The molecule has 2 heterocycles. The molecule has 2 aromatic rings. The summed E-state index contributed by atoms with van der Waals surface area (Å²) < 4.78 is 5.68. The average Bonchev–Trinajstić information content (AvgIpc) is 3.43. The minimum Gasteiger partial charge on any atom is -0.503 e. The normalized spacial score (nSPS) is 16.3. The Morgan fingerprint density at radius 3 is 2.47 bits per heavy atom. The van der Waals surface area contributed by atoms with Crippen molar-refractivity contribution in [3.63, 3.8) is 0 Å². The Kier molecular flexibility index (Phi) is 8.47. The number of hydrogen-bond donors (Lipinski definition) is 1. The number of carbonyl (C=O) groups excluding carboxylic acids is 2. The lowest BCUT2D eigenvalue weighted by molar-refractivity contribution is -0.129. The zero-order chi connectivity index (χ0) is 23.1. The minimum absolute atomic E-state index is 0.155. The van der Waals surface area contributed by atoms with Crippen molar-refractivity contribution in [1.82, 2.24) is 9.80 Å². The second-order valence-corrected chi connectivity index (χ2v) is 8.72. The van der Waals surface area contributed by atoms with Crippen LogP contribution in [0.4, 0.5) is 0 Å². The number of hydrogen-bond acceptors (Lipinski definition) is 6. The van der Waals surface area contributed by atoms with Gasteiger partial charge in [-0.05, 0) is 61.6 Å². The molecule has 32 heavy (non-hydrogen) atoms. The number of benzene rings is 1. The van der Waals surface area contributed by atoms with Gasteiger partial charge in [0, 0.05) is 6.54 Å². The number of nitrogens with zero attached hydrogens (tertiary/aromatic N) is 2. The maximum absolute atomic E-state index is 13.3. The number of Topliss-reactive ketones (excluding diaryl/α,β-unsaturated/α-hetero) is 1. The number of rotatable bonds is 12. The minimum atomic E-state index is -0.617. The molecule has 0 unspecified atom stereocenters. The molecule has 3 rings (SSSR count). The van der Waals surface area contributed by atoms with Crippen LogP contribution in [0, 0.1) is 0 Å². The first-order valence-corrected chi connectivity index (χ1v) is 12.2. The van der Waals surface area contributed by atoms with Gasteiger partial charge in [-0.2, -0.15) is 0 Å². The van der Waals surface area contributed by atoms with E-state index in [1.807, 2.05) is 36.6 Å². The summed E-state index contributed by atoms with van der Waals surface area (Å²) in [5, 5.41) is 12.6. The highest BCUT2D eigenvalue weighted by Gasteiger charge is 2.43. The van der Waals surface area contributed by atoms with Crippen molar-refractivity contribution in [2.24, 2.45) is 0 Å². The zero-order valence-corrected chi connectivity index (χ0v) is 19.9. The lowest BCUT2D eigenvalue weighted by Crippen LogP contribution is -2.34. The molecule has 1 aromatic carbocycles. The lowest BCUT2D eigenvalue weighted by Gasteiger charge is -2.28. The molecule has 0 saturated carbocycles. The van der Waals surface area contributed by atoms with Crippen molar-refractivity contribution >= 4 is 23.0 Å². The summed E-state index contributed by atoms with van der Waals surface area (Å²) in [5.41, 5.74) is 0.941. The molecule has 1 aliphatic heterocycles. The monoisotopic (exact) mass is 456 g/mol. The largest absolute Gasteiger partial charge is 0.503 e. The van der Waals surface area contributed by atoms with E-state index in [1.54, 1.807) is 17.0 Å². The van der Waals surface area contributed by atoms with E-state index in [4.69, 9.17) is 4.74 Å². The Bertz CT molecular complexity index is 933. The van der Waals surface area contributed by atoms with Crippen LogP contribution < -0.4 is 4.74 Å². The number of ether oxygens (including phenoxy) is 1. The SMILES string of the molecule is CCCOc1ccc([C@H]2C(C(=O)c3cccs3)=C(O)C(=O)N2CCCN(CC)CC)cc1. The highest BCUT2D eigenvalue weighted by Crippen LogP contribution is 2.40. The van der Waals surface area contributed by atoms with Gasteiger partial charge in [0.05, 0.1) is 23.1 Å². The van der Waals surface area contributed by atoms with E-state index in [0.717, 1.165) is 43.8 Å². The third-order valence-electron chi connectivity index (χ3n) is 5.73. The van der Waals surface area contributed by atoms with Crippen LogP contribution in [0.25, 0.3) is 0 Å².